The van der Waals surface area contributed by atoms with Crippen LogP contribution in [0.1, 0.15) is 38.3 Å². The number of hydrogen-bond donors (Lipinski definition) is 1. The Bertz CT molecular complexity index is 908. The third kappa shape index (κ3) is 3.07. The molecule has 6 heteroatoms. The summed E-state index contributed by atoms with van der Waals surface area (Å²) in [5.74, 6) is -0.596. The van der Waals surface area contributed by atoms with E-state index in [1.165, 1.54) is 6.07 Å². The summed E-state index contributed by atoms with van der Waals surface area (Å²) in [4.78, 5) is 19.4. The number of aliphatic imine (C=N–C) groups is 1. The zero-order valence-electron chi connectivity index (χ0n) is 15.0. The molecule has 0 saturated carbocycles. The quantitative estimate of drug-likeness (QED) is 0.809. The third-order valence-electron chi connectivity index (χ3n) is 4.35. The number of nitrogens with two attached hydrogens (primary N) is 1. The molecule has 0 aromatic heterocycles. The summed E-state index contributed by atoms with van der Waals surface area (Å²) in [7, 11) is 0. The van der Waals surface area contributed by atoms with Gasteiger partial charge in [0, 0.05) is 23.4 Å². The Morgan fingerprint density at radius 2 is 1.92 bits per heavy atom. The van der Waals surface area contributed by atoms with Gasteiger partial charge in [-0.1, -0.05) is 30.7 Å². The number of carbonyl (C=O) groups is 1. The van der Waals surface area contributed by atoms with Gasteiger partial charge in [-0.25, -0.2) is 4.39 Å². The summed E-state index contributed by atoms with van der Waals surface area (Å²) in [6.07, 6.45) is 0.747. The summed E-state index contributed by atoms with van der Waals surface area (Å²) in [6.45, 7) is 5.91. The highest BCUT2D eigenvalue weighted by Crippen LogP contribution is 2.39. The fraction of sp³-hybridized carbons (Fsp3) is 0.300. The van der Waals surface area contributed by atoms with Crippen LogP contribution in [0.4, 0.5) is 15.8 Å². The van der Waals surface area contributed by atoms with Crippen molar-refractivity contribution in [2.24, 2.45) is 4.99 Å². The van der Waals surface area contributed by atoms with Crippen molar-refractivity contribution in [3.05, 3.63) is 58.4 Å². The first-order valence-corrected chi connectivity index (χ1v) is 8.90. The highest BCUT2D eigenvalue weighted by Gasteiger charge is 2.38. The summed E-state index contributed by atoms with van der Waals surface area (Å²) in [5, 5.41) is 0.350. The average Bonchev–Trinajstić information content (AvgIpc) is 2.65. The maximum Gasteiger partial charge on any atom is 0.254 e. The van der Waals surface area contributed by atoms with Crippen LogP contribution in [0.3, 0.4) is 0 Å². The molecule has 1 amide bonds. The van der Waals surface area contributed by atoms with Gasteiger partial charge in [-0.05, 0) is 44.5 Å². The van der Waals surface area contributed by atoms with E-state index >= 15 is 0 Å². The second kappa shape index (κ2) is 6.72. The van der Waals surface area contributed by atoms with Crippen LogP contribution in [0, 0.1) is 5.82 Å². The number of rotatable bonds is 3. The zero-order valence-corrected chi connectivity index (χ0v) is 15.8. The van der Waals surface area contributed by atoms with E-state index in [-0.39, 0.29) is 5.91 Å². The second-order valence-electron chi connectivity index (χ2n) is 6.85. The Morgan fingerprint density at radius 3 is 2.58 bits per heavy atom. The van der Waals surface area contributed by atoms with Gasteiger partial charge in [0.15, 0.2) is 0 Å². The molecule has 0 aliphatic carbocycles. The summed E-state index contributed by atoms with van der Waals surface area (Å²) >= 11 is 6.48. The molecule has 0 fully saturated rings. The number of nitrogens with zero attached hydrogens (tertiary/aromatic N) is 2. The first kappa shape index (κ1) is 18.4. The van der Waals surface area contributed by atoms with E-state index in [9.17, 15) is 9.18 Å². The van der Waals surface area contributed by atoms with E-state index in [1.807, 2.05) is 6.92 Å². The molecule has 1 heterocycles. The van der Waals surface area contributed by atoms with Crippen molar-refractivity contribution < 1.29 is 9.18 Å². The predicted octanol–water partition coefficient (Wildman–Crippen LogP) is 4.43. The minimum Gasteiger partial charge on any atom is -0.399 e. The predicted molar refractivity (Wildman–Crippen MR) is 105 cm³/mol. The van der Waals surface area contributed by atoms with Crippen molar-refractivity contribution in [2.75, 3.05) is 17.2 Å². The maximum absolute atomic E-state index is 14.6. The van der Waals surface area contributed by atoms with Crippen molar-refractivity contribution in [3.63, 3.8) is 0 Å². The highest BCUT2D eigenvalue weighted by atomic mass is 35.5. The second-order valence-corrected chi connectivity index (χ2v) is 7.26. The van der Waals surface area contributed by atoms with E-state index in [1.54, 1.807) is 49.1 Å². The van der Waals surface area contributed by atoms with Gasteiger partial charge in [-0.2, -0.15) is 0 Å². The number of hydrogen-bond acceptors (Lipinski definition) is 3. The highest BCUT2D eigenvalue weighted by molar-refractivity contribution is 6.36. The van der Waals surface area contributed by atoms with Crippen LogP contribution in [-0.4, -0.2) is 23.7 Å². The van der Waals surface area contributed by atoms with Gasteiger partial charge in [0.1, 0.15) is 11.4 Å². The van der Waals surface area contributed by atoms with Crippen LogP contribution in [0.2, 0.25) is 5.02 Å². The Balaban J connectivity index is 2.39. The molecule has 3 rings (SSSR count). The molecule has 2 aromatic carbocycles. The number of nitrogen functional groups attached to an aromatic ring is 1. The molecular formula is C20H21ClFN3O. The lowest BCUT2D eigenvalue weighted by molar-refractivity contribution is -0.122. The van der Waals surface area contributed by atoms with Gasteiger partial charge in [-0.3, -0.25) is 9.79 Å². The molecule has 4 nitrogen and oxygen atoms in total. The van der Waals surface area contributed by atoms with Crippen LogP contribution in [0.25, 0.3) is 0 Å². The molecule has 0 atom stereocenters. The van der Waals surface area contributed by atoms with Crippen LogP contribution in [0.15, 0.2) is 41.4 Å². The van der Waals surface area contributed by atoms with Crippen LogP contribution >= 0.6 is 11.6 Å². The average molecular weight is 374 g/mol. The summed E-state index contributed by atoms with van der Waals surface area (Å²) in [6, 6.07) is 9.67. The lowest BCUT2D eigenvalue weighted by atomic mass is 9.98. The number of halogens is 2. The molecule has 2 N–H and O–H groups in total. The van der Waals surface area contributed by atoms with E-state index in [0.29, 0.717) is 39.8 Å². The topological polar surface area (TPSA) is 58.7 Å². The number of amides is 1. The van der Waals surface area contributed by atoms with Crippen molar-refractivity contribution >= 4 is 34.6 Å². The third-order valence-corrected chi connectivity index (χ3v) is 4.63. The number of anilines is 2. The normalized spacial score (nSPS) is 16.1. The number of carbonyl (C=O) groups excluding carboxylic acids is 1. The van der Waals surface area contributed by atoms with E-state index in [0.717, 1.165) is 6.42 Å². The molecule has 26 heavy (non-hydrogen) atoms. The Labute approximate surface area is 157 Å². The van der Waals surface area contributed by atoms with E-state index < -0.39 is 11.4 Å². The number of fused-ring (bicyclic) bond motifs is 1. The van der Waals surface area contributed by atoms with Crippen molar-refractivity contribution in [1.82, 2.24) is 0 Å². The zero-order chi connectivity index (χ0) is 19.1. The van der Waals surface area contributed by atoms with Crippen molar-refractivity contribution in [3.8, 4) is 0 Å². The first-order chi connectivity index (χ1) is 12.3. The molecule has 136 valence electrons. The fourth-order valence-electron chi connectivity index (χ4n) is 3.19. The number of benzene rings is 2. The van der Waals surface area contributed by atoms with Gasteiger partial charge in [0.2, 0.25) is 0 Å². The van der Waals surface area contributed by atoms with Gasteiger partial charge in [-0.15, -0.1) is 0 Å². The molecular weight excluding hydrogens is 353 g/mol. The van der Waals surface area contributed by atoms with Gasteiger partial charge >= 0.3 is 0 Å². The van der Waals surface area contributed by atoms with Gasteiger partial charge in [0.25, 0.3) is 5.91 Å². The maximum atomic E-state index is 14.6. The molecule has 0 bridgehead atoms. The molecule has 1 aliphatic rings. The minimum atomic E-state index is -1.07. The molecule has 0 saturated heterocycles. The molecule has 0 radical (unpaired) electrons. The SMILES string of the molecule is CCCN1C(=O)C(C)(C)N=C(c2ccccc2F)c2cc(N)cc(Cl)c21. The summed E-state index contributed by atoms with van der Waals surface area (Å²) < 4.78 is 14.6. The monoisotopic (exact) mass is 373 g/mol. The lowest BCUT2D eigenvalue weighted by Crippen LogP contribution is -2.44. The Kier molecular flexibility index (Phi) is 4.76. The van der Waals surface area contributed by atoms with Gasteiger partial charge < -0.3 is 10.6 Å². The van der Waals surface area contributed by atoms with Crippen molar-refractivity contribution in [1.29, 1.82) is 0 Å². The lowest BCUT2D eigenvalue weighted by Gasteiger charge is -2.28. The fourth-order valence-corrected chi connectivity index (χ4v) is 3.52. The van der Waals surface area contributed by atoms with E-state index in [4.69, 9.17) is 17.3 Å². The minimum absolute atomic E-state index is 0.182. The molecule has 0 unspecified atom stereocenters. The molecule has 1 aliphatic heterocycles. The largest absolute Gasteiger partial charge is 0.399 e. The van der Waals surface area contributed by atoms with Crippen molar-refractivity contribution in [2.45, 2.75) is 32.7 Å². The van der Waals surface area contributed by atoms with Crippen LogP contribution in [0.5, 0.6) is 0 Å². The Hall–Kier alpha value is -2.40. The summed E-state index contributed by atoms with van der Waals surface area (Å²) in [5.41, 5.74) is 7.15. The first-order valence-electron chi connectivity index (χ1n) is 8.52. The van der Waals surface area contributed by atoms with E-state index in [2.05, 4.69) is 4.99 Å². The van der Waals surface area contributed by atoms with Gasteiger partial charge in [0.05, 0.1) is 16.4 Å². The van der Waals surface area contributed by atoms with Crippen LogP contribution < -0.4 is 10.6 Å². The molecule has 0 spiro atoms. The Morgan fingerprint density at radius 1 is 1.23 bits per heavy atom. The standard InChI is InChI=1S/C20H21ClFN3O/c1-4-9-25-18-14(10-12(23)11-15(18)21)17(24-20(2,3)19(25)26)13-7-5-6-8-16(13)22/h5-8,10-11H,4,9,23H2,1-3H3. The van der Waals surface area contributed by atoms with Crippen LogP contribution in [-0.2, 0) is 4.79 Å². The molecule has 2 aromatic rings. The smallest absolute Gasteiger partial charge is 0.254 e. The number of benzodiazepines with no additional fused rings is 1.